The van der Waals surface area contributed by atoms with Crippen LogP contribution in [0.4, 0.5) is 30.6 Å². The summed E-state index contributed by atoms with van der Waals surface area (Å²) < 4.78 is 42.2. The Hall–Kier alpha value is -2.85. The minimum absolute atomic E-state index is 0.105. The third-order valence-electron chi connectivity index (χ3n) is 5.65. The van der Waals surface area contributed by atoms with E-state index in [2.05, 4.69) is 25.7 Å². The maximum absolute atomic E-state index is 14.3. The minimum atomic E-state index is -2.89. The summed E-state index contributed by atoms with van der Waals surface area (Å²) in [4.78, 5) is 22.0. The first-order valence-electron chi connectivity index (χ1n) is 8.99. The van der Waals surface area contributed by atoms with Gasteiger partial charge in [-0.1, -0.05) is 0 Å². The number of hydrogen-bond donors (Lipinski definition) is 2. The molecule has 8 nitrogen and oxygen atoms in total. The summed E-state index contributed by atoms with van der Waals surface area (Å²) in [6, 6.07) is 0. The molecular weight excluding hydrogens is 375 g/mol. The van der Waals surface area contributed by atoms with Crippen molar-refractivity contribution >= 4 is 23.4 Å². The minimum Gasteiger partial charge on any atom is -0.351 e. The number of carbonyl (C=O) groups is 1. The van der Waals surface area contributed by atoms with Crippen LogP contribution < -0.4 is 15.5 Å². The molecule has 3 aliphatic rings. The Bertz CT molecular complexity index is 964. The van der Waals surface area contributed by atoms with Crippen molar-refractivity contribution < 1.29 is 18.0 Å². The number of hydrogen-bond acceptors (Lipinski definition) is 6. The van der Waals surface area contributed by atoms with Crippen molar-refractivity contribution in [3.05, 3.63) is 24.4 Å². The molecule has 2 N–H and O–H groups in total. The van der Waals surface area contributed by atoms with Gasteiger partial charge in [-0.3, -0.25) is 9.48 Å². The monoisotopic (exact) mass is 393 g/mol. The van der Waals surface area contributed by atoms with Gasteiger partial charge < -0.3 is 15.5 Å². The summed E-state index contributed by atoms with van der Waals surface area (Å²) in [6.45, 7) is 0.837. The van der Waals surface area contributed by atoms with Crippen molar-refractivity contribution in [3.63, 3.8) is 0 Å². The van der Waals surface area contributed by atoms with Crippen LogP contribution in [0.5, 0.6) is 0 Å². The Labute approximate surface area is 158 Å². The molecule has 0 radical (unpaired) electrons. The lowest BCUT2D eigenvalue weighted by Crippen LogP contribution is -2.44. The van der Waals surface area contributed by atoms with E-state index in [-0.39, 0.29) is 17.7 Å². The SMILES string of the molecule is Cn1cc(Nc2ncc(F)c(N3C[C@H]4C[C@@]4(NC(=O)[C@@H]4CC4(F)F)C3)n2)cn1. The summed E-state index contributed by atoms with van der Waals surface area (Å²) >= 11 is 0. The van der Waals surface area contributed by atoms with E-state index in [9.17, 15) is 18.0 Å². The molecule has 1 saturated heterocycles. The molecule has 11 heteroatoms. The van der Waals surface area contributed by atoms with Gasteiger partial charge >= 0.3 is 0 Å². The van der Waals surface area contributed by atoms with Gasteiger partial charge in [0.1, 0.15) is 5.92 Å². The van der Waals surface area contributed by atoms with Crippen molar-refractivity contribution in [2.24, 2.45) is 18.9 Å². The molecule has 5 rings (SSSR count). The second-order valence-electron chi connectivity index (χ2n) is 7.84. The van der Waals surface area contributed by atoms with E-state index in [1.165, 1.54) is 0 Å². The number of nitrogens with zero attached hydrogens (tertiary/aromatic N) is 5. The number of alkyl halides is 2. The number of carbonyl (C=O) groups excluding carboxylic acids is 1. The molecule has 2 aromatic rings. The summed E-state index contributed by atoms with van der Waals surface area (Å²) in [5, 5.41) is 9.76. The highest BCUT2D eigenvalue weighted by Crippen LogP contribution is 2.53. The fraction of sp³-hybridized carbons (Fsp3) is 0.529. The van der Waals surface area contributed by atoms with Crippen LogP contribution in [0, 0.1) is 17.7 Å². The smallest absolute Gasteiger partial charge is 0.260 e. The average molecular weight is 393 g/mol. The van der Waals surface area contributed by atoms with Crippen LogP contribution in [0.2, 0.25) is 0 Å². The molecular formula is C17H18F3N7O. The number of rotatable bonds is 5. The maximum atomic E-state index is 14.3. The molecule has 0 bridgehead atoms. The van der Waals surface area contributed by atoms with Gasteiger partial charge in [0.15, 0.2) is 11.6 Å². The molecule has 0 unspecified atom stereocenters. The van der Waals surface area contributed by atoms with Crippen LogP contribution in [0.25, 0.3) is 0 Å². The van der Waals surface area contributed by atoms with E-state index in [0.717, 1.165) is 6.20 Å². The first-order valence-corrected chi connectivity index (χ1v) is 8.99. The number of aryl methyl sites for hydroxylation is 1. The molecule has 0 spiro atoms. The zero-order valence-corrected chi connectivity index (χ0v) is 15.0. The summed E-state index contributed by atoms with van der Waals surface area (Å²) in [5.74, 6) is -4.87. The molecule has 28 heavy (non-hydrogen) atoms. The molecule has 1 aliphatic heterocycles. The Morgan fingerprint density at radius 2 is 2.11 bits per heavy atom. The molecule has 1 amide bonds. The Morgan fingerprint density at radius 1 is 1.32 bits per heavy atom. The van der Waals surface area contributed by atoms with Crippen LogP contribution in [-0.2, 0) is 11.8 Å². The fourth-order valence-corrected chi connectivity index (χ4v) is 3.92. The number of nitrogens with one attached hydrogen (secondary N) is 2. The second-order valence-corrected chi connectivity index (χ2v) is 7.84. The van der Waals surface area contributed by atoms with E-state index in [1.54, 1.807) is 29.0 Å². The van der Waals surface area contributed by atoms with E-state index in [4.69, 9.17) is 0 Å². The normalized spacial score (nSPS) is 29.4. The van der Waals surface area contributed by atoms with Crippen molar-refractivity contribution in [2.75, 3.05) is 23.3 Å². The highest BCUT2D eigenvalue weighted by molar-refractivity contribution is 5.84. The lowest BCUT2D eigenvalue weighted by Gasteiger charge is -2.23. The molecule has 3 atom stereocenters. The lowest BCUT2D eigenvalue weighted by molar-refractivity contribution is -0.125. The maximum Gasteiger partial charge on any atom is 0.260 e. The average Bonchev–Trinajstić information content (AvgIpc) is 3.35. The number of anilines is 3. The van der Waals surface area contributed by atoms with Gasteiger partial charge in [0.2, 0.25) is 11.9 Å². The molecule has 3 heterocycles. The number of fused-ring (bicyclic) bond motifs is 1. The van der Waals surface area contributed by atoms with Crippen LogP contribution >= 0.6 is 0 Å². The van der Waals surface area contributed by atoms with Gasteiger partial charge in [-0.05, 0) is 6.42 Å². The second kappa shape index (κ2) is 5.58. The van der Waals surface area contributed by atoms with E-state index in [1.807, 2.05) is 0 Å². The summed E-state index contributed by atoms with van der Waals surface area (Å²) in [6.07, 6.45) is 4.72. The molecule has 2 aromatic heterocycles. The van der Waals surface area contributed by atoms with Crippen molar-refractivity contribution in [3.8, 4) is 0 Å². The number of halogens is 3. The quantitative estimate of drug-likeness (QED) is 0.800. The zero-order chi connectivity index (χ0) is 19.7. The Balaban J connectivity index is 1.29. The highest BCUT2D eigenvalue weighted by Gasteiger charge is 2.66. The van der Waals surface area contributed by atoms with Crippen LogP contribution in [0.3, 0.4) is 0 Å². The van der Waals surface area contributed by atoms with E-state index >= 15 is 0 Å². The highest BCUT2D eigenvalue weighted by atomic mass is 19.3. The third-order valence-corrected chi connectivity index (χ3v) is 5.65. The predicted octanol–water partition coefficient (Wildman–Crippen LogP) is 1.44. The van der Waals surface area contributed by atoms with Gasteiger partial charge in [-0.25, -0.2) is 18.2 Å². The standard InChI is InChI=1S/C17H18F3N7O/c1-26-7-10(4-22-26)23-15-21-5-12(18)13(24-15)27-6-9-2-16(9,8-27)25-14(28)11-3-17(11,19)20/h4-5,7,9,11H,2-3,6,8H2,1H3,(H,25,28)(H,21,23,24)/t9-,11+,16-/m1/s1. The van der Waals surface area contributed by atoms with Gasteiger partial charge in [0.25, 0.3) is 5.92 Å². The van der Waals surface area contributed by atoms with E-state index < -0.39 is 35.5 Å². The van der Waals surface area contributed by atoms with Crippen molar-refractivity contribution in [1.29, 1.82) is 0 Å². The summed E-state index contributed by atoms with van der Waals surface area (Å²) in [5.41, 5.74) is 0.0998. The predicted molar refractivity (Wildman–Crippen MR) is 92.7 cm³/mol. The first-order chi connectivity index (χ1) is 13.3. The summed E-state index contributed by atoms with van der Waals surface area (Å²) in [7, 11) is 1.77. The number of piperidine rings is 1. The Kier molecular flexibility index (Phi) is 3.44. The third kappa shape index (κ3) is 2.85. The molecule has 0 aromatic carbocycles. The topological polar surface area (TPSA) is 88.0 Å². The zero-order valence-electron chi connectivity index (χ0n) is 15.0. The first kappa shape index (κ1) is 17.3. The van der Waals surface area contributed by atoms with Gasteiger partial charge in [0, 0.05) is 38.7 Å². The number of aromatic nitrogens is 4. The van der Waals surface area contributed by atoms with Crippen LogP contribution in [0.15, 0.2) is 18.6 Å². The van der Waals surface area contributed by atoms with Crippen LogP contribution in [-0.4, -0.2) is 50.2 Å². The van der Waals surface area contributed by atoms with Gasteiger partial charge in [-0.15, -0.1) is 0 Å². The molecule has 2 aliphatic carbocycles. The van der Waals surface area contributed by atoms with Crippen molar-refractivity contribution in [1.82, 2.24) is 25.1 Å². The van der Waals surface area contributed by atoms with Gasteiger partial charge in [-0.2, -0.15) is 10.1 Å². The number of amides is 1. The molecule has 3 fully saturated rings. The Morgan fingerprint density at radius 3 is 2.79 bits per heavy atom. The fourth-order valence-electron chi connectivity index (χ4n) is 3.92. The van der Waals surface area contributed by atoms with Crippen LogP contribution in [0.1, 0.15) is 12.8 Å². The molecule has 148 valence electrons. The van der Waals surface area contributed by atoms with Crippen molar-refractivity contribution in [2.45, 2.75) is 24.3 Å². The largest absolute Gasteiger partial charge is 0.351 e. The van der Waals surface area contributed by atoms with E-state index in [0.29, 0.717) is 25.2 Å². The lowest BCUT2D eigenvalue weighted by atomic mass is 10.2. The van der Waals surface area contributed by atoms with Gasteiger partial charge in [0.05, 0.1) is 23.6 Å². The molecule has 2 saturated carbocycles.